The molecule has 0 unspecified atom stereocenters. The van der Waals surface area contributed by atoms with Gasteiger partial charge < -0.3 is 14.5 Å². The van der Waals surface area contributed by atoms with E-state index in [-0.39, 0.29) is 29.2 Å². The first-order valence-electron chi connectivity index (χ1n) is 8.11. The van der Waals surface area contributed by atoms with Crippen LogP contribution < -0.4 is 10.1 Å². The van der Waals surface area contributed by atoms with Gasteiger partial charge in [-0.1, -0.05) is 35.5 Å². The highest BCUT2D eigenvalue weighted by Gasteiger charge is 2.33. The molecule has 1 amide bonds. The lowest BCUT2D eigenvalue weighted by Crippen LogP contribution is -2.18. The van der Waals surface area contributed by atoms with E-state index in [1.807, 2.05) is 0 Å². The molecule has 0 saturated heterocycles. The summed E-state index contributed by atoms with van der Waals surface area (Å²) in [4.78, 5) is 12.0. The van der Waals surface area contributed by atoms with Gasteiger partial charge in [0, 0.05) is 5.02 Å². The van der Waals surface area contributed by atoms with Crippen LogP contribution in [0.15, 0.2) is 58.2 Å². The number of aromatic nitrogens is 2. The maximum absolute atomic E-state index is 13.0. The van der Waals surface area contributed by atoms with Gasteiger partial charge in [0.15, 0.2) is 6.61 Å². The number of hydrogen-bond donors (Lipinski definition) is 1. The molecule has 0 spiro atoms. The molecule has 1 heterocycles. The average molecular weight is 444 g/mol. The zero-order chi connectivity index (χ0) is 20.9. The minimum Gasteiger partial charge on any atom is -0.484 e. The van der Waals surface area contributed by atoms with Gasteiger partial charge in [0.05, 0.1) is 17.0 Å². The fourth-order valence-electron chi connectivity index (χ4n) is 2.18. The highest BCUT2D eigenvalue weighted by molar-refractivity contribution is 7.99. The topological polar surface area (TPSA) is 77.2 Å². The van der Waals surface area contributed by atoms with Gasteiger partial charge in [-0.2, -0.15) is 13.2 Å². The number of thioether (sulfide) groups is 1. The Morgan fingerprint density at radius 1 is 1.14 bits per heavy atom. The second-order valence-electron chi connectivity index (χ2n) is 5.58. The number of nitrogens with zero attached hydrogens (tertiary/aromatic N) is 2. The Kier molecular flexibility index (Phi) is 6.65. The molecule has 11 heteroatoms. The number of alkyl halides is 3. The Labute approximate surface area is 172 Å². The number of para-hydroxylation sites is 1. The van der Waals surface area contributed by atoms with E-state index in [4.69, 9.17) is 20.8 Å². The number of rotatable bonds is 7. The summed E-state index contributed by atoms with van der Waals surface area (Å²) in [6, 6.07) is 11.4. The second kappa shape index (κ2) is 9.19. The normalized spacial score (nSPS) is 11.3. The van der Waals surface area contributed by atoms with Crippen molar-refractivity contribution >= 4 is 35.0 Å². The van der Waals surface area contributed by atoms with Crippen molar-refractivity contribution in [2.45, 2.75) is 18.0 Å². The fourth-order valence-corrected chi connectivity index (χ4v) is 2.89. The molecule has 0 bridgehead atoms. The zero-order valence-corrected chi connectivity index (χ0v) is 16.1. The summed E-state index contributed by atoms with van der Waals surface area (Å²) in [5.74, 6) is -0.0927. The van der Waals surface area contributed by atoms with Crippen molar-refractivity contribution in [2.75, 3.05) is 11.1 Å². The minimum atomic E-state index is -4.57. The van der Waals surface area contributed by atoms with Crippen molar-refractivity contribution in [2.24, 2.45) is 0 Å². The van der Waals surface area contributed by atoms with Crippen LogP contribution in [0, 0.1) is 0 Å². The fraction of sp³-hybridized carbons (Fsp3) is 0.167. The SMILES string of the molecule is O=C(CSc1nnc(COc2ccc(Cl)cc2)o1)Nc1ccccc1C(F)(F)F. The number of hydrogen-bond acceptors (Lipinski definition) is 6. The van der Waals surface area contributed by atoms with Crippen molar-refractivity contribution in [1.82, 2.24) is 10.2 Å². The van der Waals surface area contributed by atoms with Crippen molar-refractivity contribution in [3.05, 3.63) is 65.0 Å². The van der Waals surface area contributed by atoms with E-state index in [2.05, 4.69) is 15.5 Å². The van der Waals surface area contributed by atoms with Crippen molar-refractivity contribution in [1.29, 1.82) is 0 Å². The molecule has 152 valence electrons. The molecule has 0 aliphatic heterocycles. The molecule has 0 radical (unpaired) electrons. The molecule has 1 aromatic heterocycles. The largest absolute Gasteiger partial charge is 0.484 e. The lowest BCUT2D eigenvalue weighted by molar-refractivity contribution is -0.137. The number of halogens is 4. The second-order valence-corrected chi connectivity index (χ2v) is 6.95. The Hall–Kier alpha value is -2.72. The maximum atomic E-state index is 13.0. The van der Waals surface area contributed by atoms with Crippen LogP contribution >= 0.6 is 23.4 Å². The monoisotopic (exact) mass is 443 g/mol. The van der Waals surface area contributed by atoms with Crippen LogP contribution in [-0.4, -0.2) is 21.9 Å². The third kappa shape index (κ3) is 6.13. The molecule has 1 N–H and O–H groups in total. The van der Waals surface area contributed by atoms with Crippen LogP contribution in [0.2, 0.25) is 5.02 Å². The van der Waals surface area contributed by atoms with E-state index in [0.29, 0.717) is 10.8 Å². The van der Waals surface area contributed by atoms with Crippen LogP contribution in [0.3, 0.4) is 0 Å². The highest BCUT2D eigenvalue weighted by atomic mass is 35.5. The first-order chi connectivity index (χ1) is 13.8. The number of carbonyl (C=O) groups is 1. The summed E-state index contributed by atoms with van der Waals surface area (Å²) in [5, 5.41) is 10.5. The standard InChI is InChI=1S/C18H13ClF3N3O3S/c19-11-5-7-12(8-6-11)27-9-16-24-25-17(28-16)29-10-15(26)23-14-4-2-1-3-13(14)18(20,21)22/h1-8H,9-10H2,(H,23,26). The lowest BCUT2D eigenvalue weighted by Gasteiger charge is -2.13. The molecule has 0 aliphatic carbocycles. The third-order valence-electron chi connectivity index (χ3n) is 3.46. The Morgan fingerprint density at radius 2 is 1.86 bits per heavy atom. The first-order valence-corrected chi connectivity index (χ1v) is 9.47. The predicted octanol–water partition coefficient (Wildman–Crippen LogP) is 5.05. The average Bonchev–Trinajstić information content (AvgIpc) is 3.13. The van der Waals surface area contributed by atoms with E-state index < -0.39 is 17.6 Å². The molecular weight excluding hydrogens is 431 g/mol. The van der Waals surface area contributed by atoms with Crippen LogP contribution in [0.4, 0.5) is 18.9 Å². The van der Waals surface area contributed by atoms with Gasteiger partial charge in [-0.05, 0) is 36.4 Å². The van der Waals surface area contributed by atoms with Crippen LogP contribution in [0.25, 0.3) is 0 Å². The van der Waals surface area contributed by atoms with Crippen LogP contribution in [-0.2, 0) is 17.6 Å². The highest BCUT2D eigenvalue weighted by Crippen LogP contribution is 2.34. The van der Waals surface area contributed by atoms with E-state index in [9.17, 15) is 18.0 Å². The molecule has 2 aromatic carbocycles. The summed E-state index contributed by atoms with van der Waals surface area (Å²) in [6.45, 7) is 0.0142. The molecule has 0 aliphatic rings. The third-order valence-corrected chi connectivity index (χ3v) is 4.53. The van der Waals surface area contributed by atoms with Gasteiger partial charge in [-0.15, -0.1) is 10.2 Å². The summed E-state index contributed by atoms with van der Waals surface area (Å²) in [5.41, 5.74) is -1.23. The Balaban J connectivity index is 1.51. The molecule has 29 heavy (non-hydrogen) atoms. The Morgan fingerprint density at radius 3 is 2.59 bits per heavy atom. The van der Waals surface area contributed by atoms with E-state index in [0.717, 1.165) is 17.8 Å². The van der Waals surface area contributed by atoms with E-state index in [1.54, 1.807) is 24.3 Å². The van der Waals surface area contributed by atoms with Crippen LogP contribution in [0.1, 0.15) is 11.5 Å². The molecule has 3 aromatic rings. The predicted molar refractivity (Wildman–Crippen MR) is 101 cm³/mol. The van der Waals surface area contributed by atoms with E-state index in [1.165, 1.54) is 18.2 Å². The number of nitrogens with one attached hydrogen (secondary N) is 1. The summed E-state index contributed by atoms with van der Waals surface area (Å²) in [7, 11) is 0. The molecule has 0 saturated carbocycles. The van der Waals surface area contributed by atoms with Gasteiger partial charge in [0.1, 0.15) is 5.75 Å². The van der Waals surface area contributed by atoms with Gasteiger partial charge in [0.2, 0.25) is 5.91 Å². The molecule has 0 fully saturated rings. The van der Waals surface area contributed by atoms with Gasteiger partial charge in [-0.3, -0.25) is 4.79 Å². The van der Waals surface area contributed by atoms with E-state index >= 15 is 0 Å². The van der Waals surface area contributed by atoms with Gasteiger partial charge in [0.25, 0.3) is 11.1 Å². The number of ether oxygens (including phenoxy) is 1. The molecule has 3 rings (SSSR count). The first kappa shape index (κ1) is 21.0. The van der Waals surface area contributed by atoms with Crippen LogP contribution in [0.5, 0.6) is 5.75 Å². The quantitative estimate of drug-likeness (QED) is 0.515. The van der Waals surface area contributed by atoms with Crippen molar-refractivity contribution < 1.29 is 27.1 Å². The summed E-state index contributed by atoms with van der Waals surface area (Å²) in [6.07, 6.45) is -4.57. The van der Waals surface area contributed by atoms with Gasteiger partial charge in [-0.25, -0.2) is 0 Å². The molecular formula is C18H13ClF3N3O3S. The minimum absolute atomic E-state index is 0.0142. The van der Waals surface area contributed by atoms with Gasteiger partial charge >= 0.3 is 6.18 Å². The number of anilines is 1. The smallest absolute Gasteiger partial charge is 0.418 e. The molecule has 6 nitrogen and oxygen atoms in total. The summed E-state index contributed by atoms with van der Waals surface area (Å²) < 4.78 is 49.7. The zero-order valence-electron chi connectivity index (χ0n) is 14.6. The summed E-state index contributed by atoms with van der Waals surface area (Å²) >= 11 is 6.69. The number of amides is 1. The molecule has 0 atom stereocenters. The van der Waals surface area contributed by atoms with Crippen molar-refractivity contribution in [3.63, 3.8) is 0 Å². The van der Waals surface area contributed by atoms with Crippen molar-refractivity contribution in [3.8, 4) is 5.75 Å². The lowest BCUT2D eigenvalue weighted by atomic mass is 10.1. The Bertz CT molecular complexity index is 980. The maximum Gasteiger partial charge on any atom is 0.418 e. The number of benzene rings is 2. The number of carbonyl (C=O) groups excluding carboxylic acids is 1.